The van der Waals surface area contributed by atoms with Crippen LogP contribution in [-0.4, -0.2) is 6.04 Å². The average Bonchev–Trinajstić information content (AvgIpc) is 2.10. The first-order valence-corrected chi connectivity index (χ1v) is 6.12. The number of halogens is 2. The molecule has 15 heavy (non-hydrogen) atoms. The third-order valence-corrected chi connectivity index (χ3v) is 4.10. The van der Waals surface area contributed by atoms with E-state index in [4.69, 9.17) is 28.9 Å². The Labute approximate surface area is 101 Å². The molecule has 1 fully saturated rings. The molecule has 1 nitrogen and oxygen atoms in total. The van der Waals surface area contributed by atoms with E-state index in [0.717, 1.165) is 12.0 Å². The van der Waals surface area contributed by atoms with Crippen molar-refractivity contribution in [2.75, 3.05) is 0 Å². The smallest absolute Gasteiger partial charge is 0.0624 e. The van der Waals surface area contributed by atoms with E-state index in [-0.39, 0.29) is 6.04 Å². The van der Waals surface area contributed by atoms with Crippen LogP contribution in [0.5, 0.6) is 0 Å². The molecule has 1 aromatic carbocycles. The van der Waals surface area contributed by atoms with Gasteiger partial charge in [0.2, 0.25) is 0 Å². The first kappa shape index (κ1) is 11.3. The summed E-state index contributed by atoms with van der Waals surface area (Å²) in [6.45, 7) is 0. The van der Waals surface area contributed by atoms with E-state index in [1.54, 1.807) is 0 Å². The van der Waals surface area contributed by atoms with E-state index in [1.807, 2.05) is 18.2 Å². The molecule has 1 aliphatic rings. The lowest BCUT2D eigenvalue weighted by atomic mass is 9.78. The van der Waals surface area contributed by atoms with Gasteiger partial charge >= 0.3 is 0 Å². The highest BCUT2D eigenvalue weighted by Crippen LogP contribution is 2.32. The number of hydrogen-bond acceptors (Lipinski definition) is 1. The Bertz CT molecular complexity index is 347. The molecule has 0 heterocycles. The summed E-state index contributed by atoms with van der Waals surface area (Å²) < 4.78 is 0. The van der Waals surface area contributed by atoms with Crippen LogP contribution in [0.4, 0.5) is 0 Å². The molecule has 2 rings (SSSR count). The second kappa shape index (κ2) is 4.73. The predicted molar refractivity (Wildman–Crippen MR) is 65.5 cm³/mol. The zero-order chi connectivity index (χ0) is 10.8. The molecule has 2 N–H and O–H groups in total. The standard InChI is InChI=1S/C12H15Cl2N/c13-10-6-2-5-9(12(10)14)7-11(15)8-3-1-4-8/h2,5-6,8,11H,1,3-4,7,15H2. The summed E-state index contributed by atoms with van der Waals surface area (Å²) in [5.74, 6) is 0.681. The summed E-state index contributed by atoms with van der Waals surface area (Å²) >= 11 is 12.1. The second-order valence-electron chi connectivity index (χ2n) is 4.27. The maximum atomic E-state index is 6.13. The van der Waals surface area contributed by atoms with Crippen LogP contribution in [0.25, 0.3) is 0 Å². The normalized spacial score (nSPS) is 18.6. The van der Waals surface area contributed by atoms with Crippen molar-refractivity contribution in [1.29, 1.82) is 0 Å². The number of hydrogen-bond donors (Lipinski definition) is 1. The molecule has 1 atom stereocenters. The fourth-order valence-electron chi connectivity index (χ4n) is 1.99. The molecule has 82 valence electrons. The van der Waals surface area contributed by atoms with Crippen LogP contribution in [0.1, 0.15) is 24.8 Å². The zero-order valence-corrected chi connectivity index (χ0v) is 10.1. The summed E-state index contributed by atoms with van der Waals surface area (Å²) in [7, 11) is 0. The summed E-state index contributed by atoms with van der Waals surface area (Å²) in [5, 5.41) is 1.28. The molecular weight excluding hydrogens is 229 g/mol. The summed E-state index contributed by atoms with van der Waals surface area (Å²) in [5.41, 5.74) is 7.20. The number of benzene rings is 1. The largest absolute Gasteiger partial charge is 0.327 e. The fourth-order valence-corrected chi connectivity index (χ4v) is 2.39. The van der Waals surface area contributed by atoms with Gasteiger partial charge in [0.05, 0.1) is 10.0 Å². The van der Waals surface area contributed by atoms with Crippen molar-refractivity contribution in [3.05, 3.63) is 33.8 Å². The highest BCUT2D eigenvalue weighted by Gasteiger charge is 2.24. The maximum Gasteiger partial charge on any atom is 0.0624 e. The van der Waals surface area contributed by atoms with Crippen LogP contribution >= 0.6 is 23.2 Å². The second-order valence-corrected chi connectivity index (χ2v) is 5.06. The highest BCUT2D eigenvalue weighted by atomic mass is 35.5. The van der Waals surface area contributed by atoms with Crippen molar-refractivity contribution in [2.45, 2.75) is 31.7 Å². The predicted octanol–water partition coefficient (Wildman–Crippen LogP) is 3.66. The molecule has 0 aromatic heterocycles. The maximum absolute atomic E-state index is 6.13. The minimum atomic E-state index is 0.231. The lowest BCUT2D eigenvalue weighted by Gasteiger charge is -2.31. The van der Waals surface area contributed by atoms with Crippen LogP contribution in [-0.2, 0) is 6.42 Å². The molecule has 1 aromatic rings. The van der Waals surface area contributed by atoms with E-state index in [2.05, 4.69) is 0 Å². The van der Waals surface area contributed by atoms with Crippen LogP contribution in [0.3, 0.4) is 0 Å². The lowest BCUT2D eigenvalue weighted by molar-refractivity contribution is 0.260. The third-order valence-electron chi connectivity index (χ3n) is 3.24. The highest BCUT2D eigenvalue weighted by molar-refractivity contribution is 6.42. The topological polar surface area (TPSA) is 26.0 Å². The first-order valence-electron chi connectivity index (χ1n) is 5.37. The first-order chi connectivity index (χ1) is 7.18. The molecule has 3 heteroatoms. The minimum Gasteiger partial charge on any atom is -0.327 e. The van der Waals surface area contributed by atoms with Gasteiger partial charge < -0.3 is 5.73 Å². The fraction of sp³-hybridized carbons (Fsp3) is 0.500. The van der Waals surface area contributed by atoms with Gasteiger partial charge in [-0.3, -0.25) is 0 Å². The van der Waals surface area contributed by atoms with Gasteiger partial charge in [-0.1, -0.05) is 41.8 Å². The van der Waals surface area contributed by atoms with E-state index < -0.39 is 0 Å². The average molecular weight is 244 g/mol. The number of nitrogens with two attached hydrogens (primary N) is 1. The molecule has 0 bridgehead atoms. The Morgan fingerprint density at radius 2 is 2.07 bits per heavy atom. The monoisotopic (exact) mass is 243 g/mol. The van der Waals surface area contributed by atoms with E-state index in [1.165, 1.54) is 19.3 Å². The Morgan fingerprint density at radius 1 is 1.33 bits per heavy atom. The van der Waals surface area contributed by atoms with Crippen LogP contribution < -0.4 is 5.73 Å². The van der Waals surface area contributed by atoms with E-state index in [9.17, 15) is 0 Å². The van der Waals surface area contributed by atoms with Crippen molar-refractivity contribution in [3.8, 4) is 0 Å². The van der Waals surface area contributed by atoms with Crippen LogP contribution in [0.15, 0.2) is 18.2 Å². The molecule has 0 saturated heterocycles. The van der Waals surface area contributed by atoms with Crippen molar-refractivity contribution in [2.24, 2.45) is 11.7 Å². The Hall–Kier alpha value is -0.240. The van der Waals surface area contributed by atoms with Gasteiger partial charge in [-0.2, -0.15) is 0 Å². The molecular formula is C12H15Cl2N. The third kappa shape index (κ3) is 2.47. The van der Waals surface area contributed by atoms with Crippen molar-refractivity contribution in [1.82, 2.24) is 0 Å². The lowest BCUT2D eigenvalue weighted by Crippen LogP contribution is -2.36. The van der Waals surface area contributed by atoms with E-state index in [0.29, 0.717) is 16.0 Å². The SMILES string of the molecule is NC(Cc1cccc(Cl)c1Cl)C1CCC1. The van der Waals surface area contributed by atoms with Crippen molar-refractivity contribution >= 4 is 23.2 Å². The van der Waals surface area contributed by atoms with Gasteiger partial charge in [0.25, 0.3) is 0 Å². The van der Waals surface area contributed by atoms with Crippen molar-refractivity contribution < 1.29 is 0 Å². The molecule has 0 spiro atoms. The number of rotatable bonds is 3. The van der Waals surface area contributed by atoms with Crippen LogP contribution in [0, 0.1) is 5.92 Å². The molecule has 1 aliphatic carbocycles. The Balaban J connectivity index is 2.06. The Morgan fingerprint density at radius 3 is 2.67 bits per heavy atom. The summed E-state index contributed by atoms with van der Waals surface area (Å²) in [6, 6.07) is 5.97. The molecule has 1 saturated carbocycles. The van der Waals surface area contributed by atoms with Gasteiger partial charge in [-0.25, -0.2) is 0 Å². The Kier molecular flexibility index (Phi) is 3.55. The molecule has 1 unspecified atom stereocenters. The zero-order valence-electron chi connectivity index (χ0n) is 8.55. The molecule has 0 amide bonds. The quantitative estimate of drug-likeness (QED) is 0.862. The van der Waals surface area contributed by atoms with Gasteiger partial charge in [-0.05, 0) is 36.8 Å². The van der Waals surface area contributed by atoms with Gasteiger partial charge in [-0.15, -0.1) is 0 Å². The van der Waals surface area contributed by atoms with Gasteiger partial charge in [0.15, 0.2) is 0 Å². The minimum absolute atomic E-state index is 0.231. The molecule has 0 aliphatic heterocycles. The van der Waals surface area contributed by atoms with Gasteiger partial charge in [0, 0.05) is 6.04 Å². The summed E-state index contributed by atoms with van der Waals surface area (Å²) in [6.07, 6.45) is 4.68. The summed E-state index contributed by atoms with van der Waals surface area (Å²) in [4.78, 5) is 0. The van der Waals surface area contributed by atoms with Gasteiger partial charge in [0.1, 0.15) is 0 Å². The van der Waals surface area contributed by atoms with Crippen LogP contribution in [0.2, 0.25) is 10.0 Å². The molecule has 0 radical (unpaired) electrons. The van der Waals surface area contributed by atoms with E-state index >= 15 is 0 Å². The van der Waals surface area contributed by atoms with Crippen molar-refractivity contribution in [3.63, 3.8) is 0 Å².